The maximum atomic E-state index is 12.7. The SMILES string of the molecule is CC(C)[C@H]1CC[C@H](C(=O)N[C@@H](Cc2ccc(OCCN(C)c3ccccn3)cc2)C(=O)O)CC1. The van der Waals surface area contributed by atoms with Crippen LogP contribution in [0.3, 0.4) is 0 Å². The Hall–Kier alpha value is -3.09. The lowest BCUT2D eigenvalue weighted by Gasteiger charge is -2.30. The number of benzene rings is 1. The molecule has 2 N–H and O–H groups in total. The zero-order valence-corrected chi connectivity index (χ0v) is 20.4. The van der Waals surface area contributed by atoms with Crippen LogP contribution in [0.4, 0.5) is 5.82 Å². The zero-order valence-electron chi connectivity index (χ0n) is 20.4. The van der Waals surface area contributed by atoms with Crippen molar-refractivity contribution in [1.29, 1.82) is 0 Å². The number of aromatic nitrogens is 1. The number of carboxylic acid groups (broad SMARTS) is 1. The van der Waals surface area contributed by atoms with Crippen molar-refractivity contribution in [2.24, 2.45) is 17.8 Å². The smallest absolute Gasteiger partial charge is 0.326 e. The van der Waals surface area contributed by atoms with E-state index in [1.54, 1.807) is 6.20 Å². The van der Waals surface area contributed by atoms with Crippen molar-refractivity contribution in [2.45, 2.75) is 52.0 Å². The lowest BCUT2D eigenvalue weighted by Crippen LogP contribution is -2.45. The van der Waals surface area contributed by atoms with Crippen LogP contribution in [-0.4, -0.2) is 48.2 Å². The third-order valence-electron chi connectivity index (χ3n) is 6.80. The number of ether oxygens (including phenoxy) is 1. The van der Waals surface area contributed by atoms with Gasteiger partial charge in [-0.25, -0.2) is 9.78 Å². The molecule has 1 heterocycles. The van der Waals surface area contributed by atoms with E-state index < -0.39 is 12.0 Å². The van der Waals surface area contributed by atoms with Gasteiger partial charge in [0.05, 0.1) is 6.54 Å². The molecule has 0 bridgehead atoms. The van der Waals surface area contributed by atoms with Gasteiger partial charge in [0.1, 0.15) is 24.2 Å². The van der Waals surface area contributed by atoms with Crippen LogP contribution in [0.25, 0.3) is 0 Å². The van der Waals surface area contributed by atoms with Gasteiger partial charge in [0.25, 0.3) is 0 Å². The molecule has 3 rings (SSSR count). The van der Waals surface area contributed by atoms with E-state index in [1.807, 2.05) is 54.4 Å². The molecule has 7 heteroatoms. The fraction of sp³-hybridized carbons (Fsp3) is 0.519. The lowest BCUT2D eigenvalue weighted by molar-refractivity contribution is -0.142. The normalized spacial score (nSPS) is 18.8. The largest absolute Gasteiger partial charge is 0.492 e. The predicted octanol–water partition coefficient (Wildman–Crippen LogP) is 4.17. The molecule has 1 saturated carbocycles. The Kier molecular flexibility index (Phi) is 9.31. The Labute approximate surface area is 202 Å². The lowest BCUT2D eigenvalue weighted by atomic mass is 9.76. The number of anilines is 1. The van der Waals surface area contributed by atoms with E-state index in [0.29, 0.717) is 25.0 Å². The Morgan fingerprint density at radius 3 is 2.41 bits per heavy atom. The van der Waals surface area contributed by atoms with Crippen molar-refractivity contribution in [3.05, 3.63) is 54.2 Å². The van der Waals surface area contributed by atoms with Crippen LogP contribution in [0.2, 0.25) is 0 Å². The monoisotopic (exact) mass is 467 g/mol. The number of carboxylic acids is 1. The van der Waals surface area contributed by atoms with Crippen molar-refractivity contribution in [2.75, 3.05) is 25.1 Å². The van der Waals surface area contributed by atoms with Gasteiger partial charge in [0.2, 0.25) is 5.91 Å². The Morgan fingerprint density at radius 2 is 1.82 bits per heavy atom. The highest BCUT2D eigenvalue weighted by Gasteiger charge is 2.30. The minimum Gasteiger partial charge on any atom is -0.492 e. The number of carbonyl (C=O) groups excluding carboxylic acids is 1. The number of hydrogen-bond acceptors (Lipinski definition) is 5. The molecule has 7 nitrogen and oxygen atoms in total. The molecule has 0 saturated heterocycles. The molecular formula is C27H37N3O4. The summed E-state index contributed by atoms with van der Waals surface area (Å²) in [7, 11) is 1.96. The van der Waals surface area contributed by atoms with Gasteiger partial charge in [0.15, 0.2) is 0 Å². The number of nitrogens with one attached hydrogen (secondary N) is 1. The van der Waals surface area contributed by atoms with Crippen LogP contribution in [0.1, 0.15) is 45.1 Å². The summed E-state index contributed by atoms with van der Waals surface area (Å²) in [6.45, 7) is 5.63. The van der Waals surface area contributed by atoms with Crippen LogP contribution in [0.5, 0.6) is 5.75 Å². The summed E-state index contributed by atoms with van der Waals surface area (Å²) in [5.41, 5.74) is 0.842. The summed E-state index contributed by atoms with van der Waals surface area (Å²) in [5, 5.41) is 12.4. The standard InChI is InChI=1S/C27H37N3O4/c1-19(2)21-9-11-22(12-10-21)26(31)29-24(27(32)33)18-20-7-13-23(14-8-20)34-17-16-30(3)25-6-4-5-15-28-25/h4-8,13-15,19,21-22,24H,9-12,16-18H2,1-3H3,(H,29,31)(H,32,33)/t21-,22-,24-/m0/s1. The second-order valence-electron chi connectivity index (χ2n) is 9.56. The molecule has 1 aliphatic rings. The average molecular weight is 468 g/mol. The van der Waals surface area contributed by atoms with Crippen LogP contribution in [0.15, 0.2) is 48.7 Å². The number of hydrogen-bond donors (Lipinski definition) is 2. The highest BCUT2D eigenvalue weighted by molar-refractivity contribution is 5.85. The van der Waals surface area contributed by atoms with Crippen molar-refractivity contribution >= 4 is 17.7 Å². The van der Waals surface area contributed by atoms with E-state index in [9.17, 15) is 14.7 Å². The quantitative estimate of drug-likeness (QED) is 0.515. The van der Waals surface area contributed by atoms with Gasteiger partial charge in [-0.3, -0.25) is 4.79 Å². The topological polar surface area (TPSA) is 91.8 Å². The number of carbonyl (C=O) groups is 2. The zero-order chi connectivity index (χ0) is 24.5. The molecule has 1 aromatic carbocycles. The van der Waals surface area contributed by atoms with Gasteiger partial charge in [-0.1, -0.05) is 32.0 Å². The number of aliphatic carboxylic acids is 1. The van der Waals surface area contributed by atoms with E-state index in [-0.39, 0.29) is 18.2 Å². The first kappa shape index (κ1) is 25.5. The van der Waals surface area contributed by atoms with Crippen LogP contribution >= 0.6 is 0 Å². The van der Waals surface area contributed by atoms with E-state index in [2.05, 4.69) is 24.1 Å². The van der Waals surface area contributed by atoms with Crippen LogP contribution in [0, 0.1) is 17.8 Å². The molecule has 0 spiro atoms. The first-order chi connectivity index (χ1) is 16.3. The summed E-state index contributed by atoms with van der Waals surface area (Å²) < 4.78 is 5.82. The molecule has 1 aromatic heterocycles. The number of amides is 1. The Bertz CT molecular complexity index is 909. The van der Waals surface area contributed by atoms with Gasteiger partial charge < -0.3 is 20.1 Å². The van der Waals surface area contributed by atoms with E-state index >= 15 is 0 Å². The summed E-state index contributed by atoms with van der Waals surface area (Å²) in [4.78, 5) is 30.8. The van der Waals surface area contributed by atoms with Crippen LogP contribution in [-0.2, 0) is 16.0 Å². The van der Waals surface area contributed by atoms with Gasteiger partial charge >= 0.3 is 5.97 Å². The van der Waals surface area contributed by atoms with Crippen LogP contribution < -0.4 is 15.0 Å². The molecule has 34 heavy (non-hydrogen) atoms. The van der Waals surface area contributed by atoms with Crippen molar-refractivity contribution in [3.63, 3.8) is 0 Å². The summed E-state index contributed by atoms with van der Waals surface area (Å²) in [6.07, 6.45) is 5.74. The van der Waals surface area contributed by atoms with Gasteiger partial charge in [-0.05, 0) is 67.3 Å². The number of pyridine rings is 1. The van der Waals surface area contributed by atoms with E-state index in [1.165, 1.54) is 0 Å². The molecule has 0 aliphatic heterocycles. The van der Waals surface area contributed by atoms with Crippen molar-refractivity contribution in [3.8, 4) is 5.75 Å². The molecule has 1 fully saturated rings. The minimum absolute atomic E-state index is 0.0863. The van der Waals surface area contributed by atoms with E-state index in [4.69, 9.17) is 4.74 Å². The second-order valence-corrected chi connectivity index (χ2v) is 9.56. The molecule has 1 atom stereocenters. The van der Waals surface area contributed by atoms with Gasteiger partial charge in [0, 0.05) is 25.6 Å². The highest BCUT2D eigenvalue weighted by Crippen LogP contribution is 2.33. The van der Waals surface area contributed by atoms with Gasteiger partial charge in [-0.15, -0.1) is 0 Å². The van der Waals surface area contributed by atoms with E-state index in [0.717, 1.165) is 42.8 Å². The molecule has 1 amide bonds. The minimum atomic E-state index is -1.01. The Morgan fingerprint density at radius 1 is 1.12 bits per heavy atom. The number of rotatable bonds is 11. The molecular weight excluding hydrogens is 430 g/mol. The first-order valence-corrected chi connectivity index (χ1v) is 12.2. The molecule has 1 aliphatic carbocycles. The Balaban J connectivity index is 1.46. The van der Waals surface area contributed by atoms with Crippen molar-refractivity contribution < 1.29 is 19.4 Å². The summed E-state index contributed by atoms with van der Waals surface area (Å²) in [5.74, 6) is 1.66. The summed E-state index contributed by atoms with van der Waals surface area (Å²) >= 11 is 0. The molecule has 2 aromatic rings. The van der Waals surface area contributed by atoms with Crippen molar-refractivity contribution in [1.82, 2.24) is 10.3 Å². The highest BCUT2D eigenvalue weighted by atomic mass is 16.5. The fourth-order valence-electron chi connectivity index (χ4n) is 4.49. The second kappa shape index (κ2) is 12.4. The maximum Gasteiger partial charge on any atom is 0.326 e. The molecule has 0 radical (unpaired) electrons. The third kappa shape index (κ3) is 7.47. The number of likely N-dealkylation sites (N-methyl/N-ethyl adjacent to an activating group) is 1. The maximum absolute atomic E-state index is 12.7. The molecule has 0 unspecified atom stereocenters. The third-order valence-corrected chi connectivity index (χ3v) is 6.80. The first-order valence-electron chi connectivity index (χ1n) is 12.2. The fourth-order valence-corrected chi connectivity index (χ4v) is 4.49. The predicted molar refractivity (Wildman–Crippen MR) is 133 cm³/mol. The molecule has 184 valence electrons. The average Bonchev–Trinajstić information content (AvgIpc) is 2.85. The number of nitrogens with zero attached hydrogens (tertiary/aromatic N) is 2. The summed E-state index contributed by atoms with van der Waals surface area (Å²) in [6, 6.07) is 12.2. The van der Waals surface area contributed by atoms with Gasteiger partial charge in [-0.2, -0.15) is 0 Å².